The molecule has 0 bridgehead atoms. The minimum absolute atomic E-state index is 0.0401. The van der Waals surface area contributed by atoms with Crippen molar-refractivity contribution in [1.29, 1.82) is 0 Å². The normalized spacial score (nSPS) is 13.5. The molecule has 0 amide bonds. The first-order valence-electron chi connectivity index (χ1n) is 29.4. The van der Waals surface area contributed by atoms with Crippen LogP contribution in [0.5, 0.6) is 0 Å². The van der Waals surface area contributed by atoms with Crippen LogP contribution in [0.2, 0.25) is 0 Å². The van der Waals surface area contributed by atoms with Gasteiger partial charge in [0.1, 0.15) is 24.2 Å². The molecule has 0 spiro atoms. The van der Waals surface area contributed by atoms with Crippen LogP contribution in [-0.4, -0.2) is 58.1 Å². The molecule has 418 valence electrons. The Morgan fingerprint density at radius 1 is 0.452 bits per heavy atom. The van der Waals surface area contributed by atoms with Crippen molar-refractivity contribution in [2.75, 3.05) is 0 Å². The van der Waals surface area contributed by atoms with Gasteiger partial charge in [0, 0.05) is 38.5 Å². The highest BCUT2D eigenvalue weighted by Crippen LogP contribution is 2.33. The molecule has 0 N–H and O–H groups in total. The average Bonchev–Trinajstić information content (AvgIpc) is 4.10. The molecular weight excluding hydrogens is 929 g/mol. The SMILES string of the molecule is CCCCCCCCCCCCCCCCCCCCCC(=O)OC(c1cnco1)c1nc(C(CC(OC(=O)CCCCC)C(OC(=O)CCCCC)C(C)OC(=O)CCCCC)OC(=O)CCCCC)co1. The average molecular weight is 1030 g/mol. The molecule has 2 aromatic heterocycles. The van der Waals surface area contributed by atoms with Crippen LogP contribution in [0.3, 0.4) is 0 Å². The number of nitrogens with zero attached hydrogens (tertiary/aromatic N) is 2. The first-order chi connectivity index (χ1) is 35.6. The summed E-state index contributed by atoms with van der Waals surface area (Å²) < 4.78 is 41.8. The molecule has 0 saturated heterocycles. The number of rotatable bonds is 48. The second-order valence-corrected chi connectivity index (χ2v) is 20.2. The summed E-state index contributed by atoms with van der Waals surface area (Å²) in [6.07, 6.45) is 31.7. The Bertz CT molecular complexity index is 1700. The van der Waals surface area contributed by atoms with Gasteiger partial charge in [0.25, 0.3) is 0 Å². The highest BCUT2D eigenvalue weighted by molar-refractivity contribution is 5.72. The summed E-state index contributed by atoms with van der Waals surface area (Å²) in [5.41, 5.74) is 0.141. The van der Waals surface area contributed by atoms with Gasteiger partial charge in [0.05, 0.1) is 6.20 Å². The van der Waals surface area contributed by atoms with E-state index in [-0.39, 0.29) is 55.9 Å². The lowest BCUT2D eigenvalue weighted by atomic mass is 10.00. The molecule has 5 atom stereocenters. The molecule has 0 aromatic carbocycles. The Labute approximate surface area is 440 Å². The van der Waals surface area contributed by atoms with Gasteiger partial charge in [-0.2, -0.15) is 0 Å². The van der Waals surface area contributed by atoms with Crippen molar-refractivity contribution in [3.63, 3.8) is 0 Å². The lowest BCUT2D eigenvalue weighted by Crippen LogP contribution is -2.45. The Morgan fingerprint density at radius 3 is 1.26 bits per heavy atom. The van der Waals surface area contributed by atoms with E-state index in [4.69, 9.17) is 37.5 Å². The zero-order valence-corrected chi connectivity index (χ0v) is 46.6. The number of esters is 5. The Kier molecular flexibility index (Phi) is 38.3. The highest BCUT2D eigenvalue weighted by atomic mass is 16.6. The standard InChI is InChI=1S/C59H100N2O12/c1-7-12-17-18-19-20-21-22-23-24-25-26-27-28-29-30-31-32-37-42-56(66)73-58(51-44-60-46-68-51)59-61-48(45-67-59)49(70-53(63)39-34-14-9-3)43-50(71-54(64)40-35-15-10-4)57(72-55(65)41-36-16-11-5)47(6)69-52(62)38-33-13-8-2/h44-47,49-50,57-58H,7-43H2,1-6H3. The van der Waals surface area contributed by atoms with E-state index in [2.05, 4.69) is 11.9 Å². The zero-order valence-electron chi connectivity index (χ0n) is 46.6. The molecule has 2 aromatic rings. The van der Waals surface area contributed by atoms with Crippen LogP contribution in [0.1, 0.15) is 309 Å². The summed E-state index contributed by atoms with van der Waals surface area (Å²) in [7, 11) is 0. The van der Waals surface area contributed by atoms with Gasteiger partial charge in [-0.05, 0) is 39.0 Å². The van der Waals surface area contributed by atoms with E-state index in [1.54, 1.807) is 6.92 Å². The van der Waals surface area contributed by atoms with Crippen molar-refractivity contribution < 1.29 is 56.5 Å². The molecule has 2 rings (SSSR count). The van der Waals surface area contributed by atoms with Crippen molar-refractivity contribution in [2.24, 2.45) is 0 Å². The van der Waals surface area contributed by atoms with Gasteiger partial charge in [-0.1, -0.05) is 202 Å². The maximum Gasteiger partial charge on any atom is 0.307 e. The van der Waals surface area contributed by atoms with Crippen molar-refractivity contribution >= 4 is 29.8 Å². The van der Waals surface area contributed by atoms with Crippen LogP contribution < -0.4 is 0 Å². The molecule has 5 unspecified atom stereocenters. The van der Waals surface area contributed by atoms with Gasteiger partial charge < -0.3 is 32.5 Å². The molecule has 0 aliphatic carbocycles. The maximum atomic E-state index is 13.6. The Morgan fingerprint density at radius 2 is 0.822 bits per heavy atom. The monoisotopic (exact) mass is 1030 g/mol. The van der Waals surface area contributed by atoms with Gasteiger partial charge >= 0.3 is 29.8 Å². The van der Waals surface area contributed by atoms with Gasteiger partial charge in [-0.3, -0.25) is 24.0 Å². The molecule has 14 heteroatoms. The topological polar surface area (TPSA) is 184 Å². The van der Waals surface area contributed by atoms with E-state index in [1.165, 1.54) is 115 Å². The largest absolute Gasteiger partial charge is 0.459 e. The molecule has 0 radical (unpaired) electrons. The predicted molar refractivity (Wildman–Crippen MR) is 284 cm³/mol. The zero-order chi connectivity index (χ0) is 53.2. The van der Waals surface area contributed by atoms with Crippen LogP contribution in [0, 0.1) is 0 Å². The third-order valence-corrected chi connectivity index (χ3v) is 13.4. The van der Waals surface area contributed by atoms with Crippen molar-refractivity contribution in [3.8, 4) is 0 Å². The number of aromatic nitrogens is 2. The molecule has 73 heavy (non-hydrogen) atoms. The minimum atomic E-state index is -1.25. The van der Waals surface area contributed by atoms with Crippen LogP contribution in [-0.2, 0) is 47.7 Å². The number of ether oxygens (including phenoxy) is 5. The Hall–Kier alpha value is -4.23. The minimum Gasteiger partial charge on any atom is -0.459 e. The summed E-state index contributed by atoms with van der Waals surface area (Å²) in [4.78, 5) is 75.7. The number of unbranched alkanes of at least 4 members (excludes halogenated alkanes) is 26. The molecule has 0 aliphatic heterocycles. The van der Waals surface area contributed by atoms with E-state index in [1.807, 2.05) is 27.7 Å². The highest BCUT2D eigenvalue weighted by Gasteiger charge is 2.40. The first-order valence-corrected chi connectivity index (χ1v) is 29.4. The predicted octanol–water partition coefficient (Wildman–Crippen LogP) is 16.2. The fourth-order valence-corrected chi connectivity index (χ4v) is 8.92. The summed E-state index contributed by atoms with van der Waals surface area (Å²) in [5.74, 6) is -2.37. The summed E-state index contributed by atoms with van der Waals surface area (Å²) in [5, 5.41) is 0. The number of hydrogen-bond donors (Lipinski definition) is 0. The van der Waals surface area contributed by atoms with Crippen molar-refractivity contribution in [3.05, 3.63) is 36.2 Å². The fraction of sp³-hybridized carbons (Fsp3) is 0.814. The summed E-state index contributed by atoms with van der Waals surface area (Å²) >= 11 is 0. The van der Waals surface area contributed by atoms with Crippen LogP contribution >= 0.6 is 0 Å². The van der Waals surface area contributed by atoms with Gasteiger partial charge in [0.15, 0.2) is 24.4 Å². The van der Waals surface area contributed by atoms with Crippen LogP contribution in [0.25, 0.3) is 0 Å². The lowest BCUT2D eigenvalue weighted by Gasteiger charge is -2.32. The Balaban J connectivity index is 2.20. The smallest absolute Gasteiger partial charge is 0.307 e. The van der Waals surface area contributed by atoms with Crippen LogP contribution in [0.4, 0.5) is 0 Å². The second kappa shape index (κ2) is 43.1. The molecule has 14 nitrogen and oxygen atoms in total. The summed E-state index contributed by atoms with van der Waals surface area (Å²) in [6, 6.07) is 0. The van der Waals surface area contributed by atoms with E-state index in [9.17, 15) is 24.0 Å². The third-order valence-electron chi connectivity index (χ3n) is 13.4. The molecule has 0 saturated carbocycles. The molecule has 0 aliphatic rings. The fourth-order valence-electron chi connectivity index (χ4n) is 8.92. The van der Waals surface area contributed by atoms with Gasteiger partial charge in [-0.25, -0.2) is 9.97 Å². The molecular formula is C59H100N2O12. The molecule has 0 fully saturated rings. The van der Waals surface area contributed by atoms with E-state index in [0.29, 0.717) is 32.1 Å². The number of oxazole rings is 2. The van der Waals surface area contributed by atoms with Crippen molar-refractivity contribution in [2.45, 2.75) is 310 Å². The number of hydrogen-bond acceptors (Lipinski definition) is 14. The van der Waals surface area contributed by atoms with E-state index < -0.39 is 60.4 Å². The number of carbonyl (C=O) groups is 5. The molecule has 2 heterocycles. The van der Waals surface area contributed by atoms with Gasteiger partial charge in [-0.15, -0.1) is 0 Å². The van der Waals surface area contributed by atoms with Gasteiger partial charge in [0.2, 0.25) is 12.0 Å². The maximum absolute atomic E-state index is 13.6. The van der Waals surface area contributed by atoms with E-state index in [0.717, 1.165) is 70.6 Å². The van der Waals surface area contributed by atoms with Crippen LogP contribution in [0.15, 0.2) is 27.7 Å². The lowest BCUT2D eigenvalue weighted by molar-refractivity contribution is -0.188. The second-order valence-electron chi connectivity index (χ2n) is 20.2. The van der Waals surface area contributed by atoms with Crippen molar-refractivity contribution in [1.82, 2.24) is 9.97 Å². The third kappa shape index (κ3) is 31.3. The number of carbonyl (C=O) groups excluding carboxylic acids is 5. The quantitative estimate of drug-likeness (QED) is 0.0346. The summed E-state index contributed by atoms with van der Waals surface area (Å²) in [6.45, 7) is 12.0. The van der Waals surface area contributed by atoms with E-state index >= 15 is 0 Å². The first kappa shape index (κ1) is 64.9.